The lowest BCUT2D eigenvalue weighted by Gasteiger charge is -2.31. The third kappa shape index (κ3) is 8.32. The van der Waals surface area contributed by atoms with Crippen LogP contribution in [0.4, 0.5) is 4.39 Å². The SMILES string of the molecule is COc1cc(CN2CCC[C@@](COc3ccccc3F)(OC)CC2)ccc1OCCCN1CCCCCC1=O. The van der Waals surface area contributed by atoms with Gasteiger partial charge < -0.3 is 23.8 Å². The molecule has 2 heterocycles. The molecule has 0 saturated carbocycles. The van der Waals surface area contributed by atoms with Crippen molar-refractivity contribution in [1.82, 2.24) is 9.80 Å². The van der Waals surface area contributed by atoms with E-state index in [9.17, 15) is 9.18 Å². The average Bonchev–Trinajstić information content (AvgIpc) is 3.29. The third-order valence-electron chi connectivity index (χ3n) is 7.89. The van der Waals surface area contributed by atoms with Gasteiger partial charge in [0.15, 0.2) is 23.1 Å². The Morgan fingerprint density at radius 3 is 2.59 bits per heavy atom. The molecule has 2 aromatic rings. The third-order valence-corrected chi connectivity index (χ3v) is 7.89. The smallest absolute Gasteiger partial charge is 0.222 e. The first-order valence-electron chi connectivity index (χ1n) is 14.2. The molecule has 39 heavy (non-hydrogen) atoms. The number of nitrogens with zero attached hydrogens (tertiary/aromatic N) is 2. The van der Waals surface area contributed by atoms with Crippen molar-refractivity contribution in [2.24, 2.45) is 0 Å². The number of hydrogen-bond donors (Lipinski definition) is 0. The van der Waals surface area contributed by atoms with Crippen LogP contribution in [0.1, 0.15) is 56.9 Å². The van der Waals surface area contributed by atoms with Crippen LogP contribution in [0.15, 0.2) is 42.5 Å². The van der Waals surface area contributed by atoms with Crippen molar-refractivity contribution < 1.29 is 28.1 Å². The number of benzene rings is 2. The van der Waals surface area contributed by atoms with Crippen molar-refractivity contribution in [3.05, 3.63) is 53.8 Å². The van der Waals surface area contributed by atoms with E-state index < -0.39 is 5.60 Å². The summed E-state index contributed by atoms with van der Waals surface area (Å²) in [5.74, 6) is 1.62. The minimum absolute atomic E-state index is 0.264. The largest absolute Gasteiger partial charge is 0.493 e. The number of rotatable bonds is 12. The van der Waals surface area contributed by atoms with Crippen LogP contribution in [0.25, 0.3) is 0 Å². The van der Waals surface area contributed by atoms with Gasteiger partial charge in [0, 0.05) is 39.7 Å². The van der Waals surface area contributed by atoms with Gasteiger partial charge in [-0.1, -0.05) is 24.6 Å². The summed E-state index contributed by atoms with van der Waals surface area (Å²) in [7, 11) is 3.38. The fraction of sp³-hybridized carbons (Fsp3) is 0.581. The number of carbonyl (C=O) groups excluding carboxylic acids is 1. The molecule has 0 N–H and O–H groups in total. The van der Waals surface area contributed by atoms with E-state index in [2.05, 4.69) is 11.0 Å². The number of hydrogen-bond acceptors (Lipinski definition) is 6. The highest BCUT2D eigenvalue weighted by atomic mass is 19.1. The first kappa shape index (κ1) is 29.2. The van der Waals surface area contributed by atoms with Gasteiger partial charge in [-0.2, -0.15) is 0 Å². The molecule has 2 aliphatic rings. The lowest BCUT2D eigenvalue weighted by molar-refractivity contribution is -0.130. The van der Waals surface area contributed by atoms with Crippen LogP contribution in [0.5, 0.6) is 17.2 Å². The van der Waals surface area contributed by atoms with Crippen LogP contribution in [-0.4, -0.2) is 74.9 Å². The van der Waals surface area contributed by atoms with Crippen LogP contribution in [0, 0.1) is 5.82 Å². The molecular formula is C31H43FN2O5. The summed E-state index contributed by atoms with van der Waals surface area (Å²) in [6.45, 7) is 5.05. The Hall–Kier alpha value is -2.84. The van der Waals surface area contributed by atoms with E-state index in [0.29, 0.717) is 19.6 Å². The first-order valence-corrected chi connectivity index (χ1v) is 14.2. The molecule has 214 valence electrons. The van der Waals surface area contributed by atoms with Gasteiger partial charge in [0.2, 0.25) is 5.91 Å². The molecule has 7 nitrogen and oxygen atoms in total. The Labute approximate surface area is 232 Å². The number of ether oxygens (including phenoxy) is 4. The van der Waals surface area contributed by atoms with Gasteiger partial charge in [-0.25, -0.2) is 4.39 Å². The number of likely N-dealkylation sites (tertiary alicyclic amines) is 2. The topological polar surface area (TPSA) is 60.5 Å². The van der Waals surface area contributed by atoms with Crippen molar-refractivity contribution in [2.75, 3.05) is 53.6 Å². The highest BCUT2D eigenvalue weighted by Crippen LogP contribution is 2.31. The zero-order chi connectivity index (χ0) is 27.5. The van der Waals surface area contributed by atoms with Gasteiger partial charge in [0.25, 0.3) is 0 Å². The summed E-state index contributed by atoms with van der Waals surface area (Å²) in [4.78, 5) is 16.6. The second-order valence-corrected chi connectivity index (χ2v) is 10.6. The molecule has 4 rings (SSSR count). The number of carbonyl (C=O) groups is 1. The molecule has 0 aromatic heterocycles. The normalized spacial score (nSPS) is 20.8. The number of methoxy groups -OCH3 is 2. The molecule has 2 fully saturated rings. The highest BCUT2D eigenvalue weighted by molar-refractivity contribution is 5.76. The van der Waals surface area contributed by atoms with Gasteiger partial charge in [-0.15, -0.1) is 0 Å². The van der Waals surface area contributed by atoms with E-state index in [1.807, 2.05) is 17.0 Å². The second-order valence-electron chi connectivity index (χ2n) is 10.6. The molecule has 0 spiro atoms. The van der Waals surface area contributed by atoms with E-state index in [1.165, 1.54) is 6.07 Å². The summed E-state index contributed by atoms with van der Waals surface area (Å²) < 4.78 is 37.5. The van der Waals surface area contributed by atoms with Crippen molar-refractivity contribution >= 4 is 5.91 Å². The molecule has 0 aliphatic carbocycles. The van der Waals surface area contributed by atoms with Crippen LogP contribution in [-0.2, 0) is 16.1 Å². The molecule has 2 aliphatic heterocycles. The minimum atomic E-state index is -0.440. The predicted octanol–water partition coefficient (Wildman–Crippen LogP) is 5.46. The number of amides is 1. The molecular weight excluding hydrogens is 499 g/mol. The Morgan fingerprint density at radius 1 is 0.897 bits per heavy atom. The van der Waals surface area contributed by atoms with Crippen LogP contribution >= 0.6 is 0 Å². The van der Waals surface area contributed by atoms with Crippen molar-refractivity contribution in [3.63, 3.8) is 0 Å². The standard InChI is InChI=1S/C31H43FN2O5/c1-36-29-22-25(13-14-28(29)38-21-9-19-34-18-7-3-4-12-30(34)35)23-33-17-8-15-31(37-2,16-20-33)24-39-27-11-6-5-10-26(27)32/h5-6,10-11,13-14,22H,3-4,7-9,12,15-21,23-24H2,1-2H3/t31-/m1/s1. The van der Waals surface area contributed by atoms with E-state index in [0.717, 1.165) is 94.7 Å². The summed E-state index contributed by atoms with van der Waals surface area (Å²) in [5, 5.41) is 0. The zero-order valence-electron chi connectivity index (χ0n) is 23.5. The quantitative estimate of drug-likeness (QED) is 0.332. The fourth-order valence-electron chi connectivity index (χ4n) is 5.46. The maximum absolute atomic E-state index is 14.0. The summed E-state index contributed by atoms with van der Waals surface area (Å²) >= 11 is 0. The number of halogens is 1. The lowest BCUT2D eigenvalue weighted by Crippen LogP contribution is -2.39. The van der Waals surface area contributed by atoms with Gasteiger partial charge in [0.05, 0.1) is 13.7 Å². The molecule has 0 unspecified atom stereocenters. The Kier molecular flexibility index (Phi) is 10.9. The summed E-state index contributed by atoms with van der Waals surface area (Å²) in [5.41, 5.74) is 0.714. The molecule has 8 heteroatoms. The highest BCUT2D eigenvalue weighted by Gasteiger charge is 2.34. The maximum atomic E-state index is 14.0. The molecule has 1 amide bonds. The molecule has 2 aromatic carbocycles. The van der Waals surface area contributed by atoms with Crippen LogP contribution in [0.3, 0.4) is 0 Å². The van der Waals surface area contributed by atoms with Gasteiger partial charge in [-0.3, -0.25) is 9.69 Å². The van der Waals surface area contributed by atoms with E-state index in [-0.39, 0.29) is 17.5 Å². The predicted molar refractivity (Wildman–Crippen MR) is 149 cm³/mol. The summed E-state index contributed by atoms with van der Waals surface area (Å²) in [6.07, 6.45) is 7.32. The minimum Gasteiger partial charge on any atom is -0.493 e. The fourth-order valence-corrected chi connectivity index (χ4v) is 5.46. The Morgan fingerprint density at radius 2 is 1.77 bits per heavy atom. The molecule has 0 radical (unpaired) electrons. The van der Waals surface area contributed by atoms with Gasteiger partial charge in [-0.05, 0) is 74.9 Å². The summed E-state index contributed by atoms with van der Waals surface area (Å²) in [6, 6.07) is 12.6. The molecule has 2 saturated heterocycles. The van der Waals surface area contributed by atoms with Crippen LogP contribution < -0.4 is 14.2 Å². The molecule has 0 bridgehead atoms. The van der Waals surface area contributed by atoms with E-state index in [1.54, 1.807) is 32.4 Å². The zero-order valence-corrected chi connectivity index (χ0v) is 23.5. The molecule has 1 atom stereocenters. The lowest BCUT2D eigenvalue weighted by atomic mass is 9.95. The second kappa shape index (κ2) is 14.5. The van der Waals surface area contributed by atoms with Gasteiger partial charge in [0.1, 0.15) is 12.2 Å². The van der Waals surface area contributed by atoms with Gasteiger partial charge >= 0.3 is 0 Å². The Balaban J connectivity index is 1.27. The maximum Gasteiger partial charge on any atom is 0.222 e. The van der Waals surface area contributed by atoms with E-state index >= 15 is 0 Å². The van der Waals surface area contributed by atoms with Crippen molar-refractivity contribution in [2.45, 2.75) is 63.5 Å². The first-order chi connectivity index (χ1) is 19.0. The number of para-hydroxylation sites is 1. The average molecular weight is 543 g/mol. The monoisotopic (exact) mass is 542 g/mol. The Bertz CT molecular complexity index is 1070. The van der Waals surface area contributed by atoms with Crippen LogP contribution in [0.2, 0.25) is 0 Å². The van der Waals surface area contributed by atoms with Crippen molar-refractivity contribution in [3.8, 4) is 17.2 Å². The van der Waals surface area contributed by atoms with Crippen molar-refractivity contribution in [1.29, 1.82) is 0 Å². The van der Waals surface area contributed by atoms with E-state index in [4.69, 9.17) is 18.9 Å².